The first-order chi connectivity index (χ1) is 9.28. The Kier molecular flexibility index (Phi) is 6.92. The highest BCUT2D eigenvalue weighted by Gasteiger charge is 2.37. The van der Waals surface area contributed by atoms with Gasteiger partial charge in [0.15, 0.2) is 8.32 Å². The second-order valence-corrected chi connectivity index (χ2v) is 11.9. The molecule has 1 aliphatic rings. The predicted octanol–water partition coefficient (Wildman–Crippen LogP) is 4.15. The van der Waals surface area contributed by atoms with Gasteiger partial charge in [-0.1, -0.05) is 26.8 Å². The summed E-state index contributed by atoms with van der Waals surface area (Å²) < 4.78 is 17.9. The summed E-state index contributed by atoms with van der Waals surface area (Å²) in [7, 11) is -1.65. The smallest absolute Gasteiger partial charge is 0.191 e. The lowest BCUT2D eigenvalue weighted by atomic mass is 10.0. The van der Waals surface area contributed by atoms with Crippen molar-refractivity contribution < 1.29 is 13.9 Å². The molecule has 118 valence electrons. The molecule has 0 unspecified atom stereocenters. The van der Waals surface area contributed by atoms with E-state index in [1.54, 1.807) is 6.08 Å². The molecule has 0 aromatic carbocycles. The molecule has 0 saturated carbocycles. The first kappa shape index (κ1) is 17.9. The molecule has 0 aromatic rings. The van der Waals surface area contributed by atoms with Crippen LogP contribution in [0.3, 0.4) is 0 Å². The average molecular weight is 301 g/mol. The van der Waals surface area contributed by atoms with Crippen molar-refractivity contribution in [1.29, 1.82) is 0 Å². The van der Waals surface area contributed by atoms with Gasteiger partial charge in [0.1, 0.15) is 0 Å². The molecule has 20 heavy (non-hydrogen) atoms. The highest BCUT2D eigenvalue weighted by Crippen LogP contribution is 2.36. The Bertz CT molecular complexity index is 297. The summed E-state index contributed by atoms with van der Waals surface area (Å²) in [5, 5.41) is 0.263. The Morgan fingerprint density at radius 2 is 2.05 bits per heavy atom. The van der Waals surface area contributed by atoms with E-state index in [9.17, 15) is 0 Å². The van der Waals surface area contributed by atoms with Crippen molar-refractivity contribution in [3.05, 3.63) is 12.7 Å². The van der Waals surface area contributed by atoms with E-state index in [0.29, 0.717) is 6.61 Å². The van der Waals surface area contributed by atoms with Crippen molar-refractivity contribution in [3.63, 3.8) is 0 Å². The molecule has 0 bridgehead atoms. The second-order valence-electron chi connectivity index (χ2n) is 7.11. The fourth-order valence-electron chi connectivity index (χ4n) is 2.11. The summed E-state index contributed by atoms with van der Waals surface area (Å²) in [5.41, 5.74) is 0. The lowest BCUT2D eigenvalue weighted by Crippen LogP contribution is -2.43. The van der Waals surface area contributed by atoms with Gasteiger partial charge in [-0.3, -0.25) is 0 Å². The Balaban J connectivity index is 2.40. The van der Waals surface area contributed by atoms with Gasteiger partial charge in [0.25, 0.3) is 0 Å². The van der Waals surface area contributed by atoms with Gasteiger partial charge in [-0.05, 0) is 37.4 Å². The molecule has 0 radical (unpaired) electrons. The zero-order chi connectivity index (χ0) is 15.2. The molecule has 2 atom stereocenters. The zero-order valence-electron chi connectivity index (χ0n) is 13.9. The highest BCUT2D eigenvalue weighted by molar-refractivity contribution is 6.74. The minimum absolute atomic E-state index is 0.175. The summed E-state index contributed by atoms with van der Waals surface area (Å²) in [4.78, 5) is 0. The van der Waals surface area contributed by atoms with Crippen LogP contribution >= 0.6 is 0 Å². The Hall–Kier alpha value is -0.163. The van der Waals surface area contributed by atoms with Crippen LogP contribution in [0.15, 0.2) is 12.7 Å². The monoisotopic (exact) mass is 300 g/mol. The minimum atomic E-state index is -1.65. The van der Waals surface area contributed by atoms with Gasteiger partial charge in [0, 0.05) is 13.2 Å². The summed E-state index contributed by atoms with van der Waals surface area (Å²) in [6.45, 7) is 17.3. The van der Waals surface area contributed by atoms with Gasteiger partial charge in [0.2, 0.25) is 0 Å². The van der Waals surface area contributed by atoms with Gasteiger partial charge in [0.05, 0.1) is 18.8 Å². The van der Waals surface area contributed by atoms with E-state index < -0.39 is 8.32 Å². The lowest BCUT2D eigenvalue weighted by Gasteiger charge is -2.37. The van der Waals surface area contributed by atoms with Crippen molar-refractivity contribution >= 4 is 8.32 Å². The zero-order valence-corrected chi connectivity index (χ0v) is 14.9. The normalized spacial score (nSPS) is 24.6. The van der Waals surface area contributed by atoms with E-state index in [1.807, 2.05) is 0 Å². The predicted molar refractivity (Wildman–Crippen MR) is 86.7 cm³/mol. The van der Waals surface area contributed by atoms with E-state index >= 15 is 0 Å². The molecule has 0 N–H and O–H groups in total. The highest BCUT2D eigenvalue weighted by atomic mass is 28.4. The van der Waals surface area contributed by atoms with E-state index in [4.69, 9.17) is 13.9 Å². The summed E-state index contributed by atoms with van der Waals surface area (Å²) in [5.74, 6) is 0. The SMILES string of the molecule is C=CCO[C@H]1CCCO[C@H]1CCO[Si](C)(C)C(C)(C)C. The van der Waals surface area contributed by atoms with Crippen molar-refractivity contribution in [2.75, 3.05) is 19.8 Å². The van der Waals surface area contributed by atoms with Crippen molar-refractivity contribution in [3.8, 4) is 0 Å². The van der Waals surface area contributed by atoms with Crippen LogP contribution in [0, 0.1) is 0 Å². The van der Waals surface area contributed by atoms with Gasteiger partial charge >= 0.3 is 0 Å². The van der Waals surface area contributed by atoms with Gasteiger partial charge in [-0.2, -0.15) is 0 Å². The maximum atomic E-state index is 6.23. The number of hydrogen-bond acceptors (Lipinski definition) is 3. The quantitative estimate of drug-likeness (QED) is 0.522. The van der Waals surface area contributed by atoms with Crippen LogP contribution in [0.25, 0.3) is 0 Å². The first-order valence-electron chi connectivity index (χ1n) is 7.76. The molecular weight excluding hydrogens is 268 g/mol. The molecule has 1 saturated heterocycles. The molecule has 0 aromatic heterocycles. The fourth-order valence-corrected chi connectivity index (χ4v) is 3.17. The van der Waals surface area contributed by atoms with Crippen molar-refractivity contribution in [2.24, 2.45) is 0 Å². The van der Waals surface area contributed by atoms with E-state index in [2.05, 4.69) is 40.4 Å². The average Bonchev–Trinajstić information content (AvgIpc) is 2.36. The van der Waals surface area contributed by atoms with E-state index in [1.165, 1.54) is 0 Å². The molecule has 0 aliphatic carbocycles. The van der Waals surface area contributed by atoms with Crippen LogP contribution in [0.5, 0.6) is 0 Å². The molecule has 0 spiro atoms. The third kappa shape index (κ3) is 5.32. The Labute approximate surface area is 125 Å². The number of hydrogen-bond donors (Lipinski definition) is 0. The van der Waals surface area contributed by atoms with Crippen molar-refractivity contribution in [1.82, 2.24) is 0 Å². The minimum Gasteiger partial charge on any atom is -0.417 e. The van der Waals surface area contributed by atoms with Crippen LogP contribution in [-0.2, 0) is 13.9 Å². The molecule has 1 rings (SSSR count). The molecule has 3 nitrogen and oxygen atoms in total. The van der Waals surface area contributed by atoms with Crippen LogP contribution in [0.1, 0.15) is 40.0 Å². The molecule has 4 heteroatoms. The van der Waals surface area contributed by atoms with Crippen LogP contribution in [0.2, 0.25) is 18.1 Å². The maximum absolute atomic E-state index is 6.23. The maximum Gasteiger partial charge on any atom is 0.191 e. The first-order valence-corrected chi connectivity index (χ1v) is 10.7. The van der Waals surface area contributed by atoms with Gasteiger partial charge in [-0.15, -0.1) is 6.58 Å². The third-order valence-electron chi connectivity index (χ3n) is 4.48. The third-order valence-corrected chi connectivity index (χ3v) is 9.02. The molecule has 0 amide bonds. The summed E-state index contributed by atoms with van der Waals surface area (Å²) in [6.07, 6.45) is 5.27. The molecular formula is C16H32O3Si. The van der Waals surface area contributed by atoms with Crippen molar-refractivity contribution in [2.45, 2.75) is 70.4 Å². The van der Waals surface area contributed by atoms with Crippen LogP contribution in [-0.4, -0.2) is 40.3 Å². The number of rotatable bonds is 7. The Morgan fingerprint density at radius 1 is 1.35 bits per heavy atom. The Morgan fingerprint density at radius 3 is 2.65 bits per heavy atom. The van der Waals surface area contributed by atoms with E-state index in [-0.39, 0.29) is 17.2 Å². The van der Waals surface area contributed by atoms with Crippen LogP contribution in [0.4, 0.5) is 0 Å². The molecule has 1 heterocycles. The molecule has 1 fully saturated rings. The number of ether oxygens (including phenoxy) is 2. The van der Waals surface area contributed by atoms with Gasteiger partial charge < -0.3 is 13.9 Å². The largest absolute Gasteiger partial charge is 0.417 e. The standard InChI is InChI=1S/C16H32O3Si/c1-7-11-17-14-9-8-12-18-15(14)10-13-19-20(5,6)16(2,3)4/h7,14-15H,1,8-13H2,2-6H3/t14-,15-/m0/s1. The molecule has 1 aliphatic heterocycles. The van der Waals surface area contributed by atoms with Gasteiger partial charge in [-0.25, -0.2) is 0 Å². The van der Waals surface area contributed by atoms with Crippen LogP contribution < -0.4 is 0 Å². The topological polar surface area (TPSA) is 27.7 Å². The lowest BCUT2D eigenvalue weighted by molar-refractivity contribution is -0.105. The van der Waals surface area contributed by atoms with E-state index in [0.717, 1.165) is 32.5 Å². The summed E-state index contributed by atoms with van der Waals surface area (Å²) in [6, 6.07) is 0. The fraction of sp³-hybridized carbons (Fsp3) is 0.875. The second kappa shape index (κ2) is 7.73. The summed E-state index contributed by atoms with van der Waals surface area (Å²) >= 11 is 0.